The summed E-state index contributed by atoms with van der Waals surface area (Å²) in [5.41, 5.74) is 2.96. The number of aryl methyl sites for hydroxylation is 2. The molecule has 1 aromatic carbocycles. The molecular formula is C17H21N3O3. The number of nitrogens with one attached hydrogen (secondary N) is 1. The minimum Gasteiger partial charge on any atom is -0.488 e. The normalized spacial score (nSPS) is 15.9. The Kier molecular flexibility index (Phi) is 4.23. The Balaban J connectivity index is 1.50. The van der Waals surface area contributed by atoms with Gasteiger partial charge in [-0.2, -0.15) is 0 Å². The van der Waals surface area contributed by atoms with Crippen LogP contribution in [0.25, 0.3) is 0 Å². The van der Waals surface area contributed by atoms with Gasteiger partial charge in [0.25, 0.3) is 0 Å². The summed E-state index contributed by atoms with van der Waals surface area (Å²) in [6.45, 7) is 4.68. The first-order valence-corrected chi connectivity index (χ1v) is 7.70. The van der Waals surface area contributed by atoms with E-state index >= 15 is 0 Å². The van der Waals surface area contributed by atoms with Gasteiger partial charge in [-0.15, -0.1) is 0 Å². The molecule has 1 N–H and O–H groups in total. The Bertz CT molecular complexity index is 666. The maximum Gasteiger partial charge on any atom is 0.317 e. The third-order valence-corrected chi connectivity index (χ3v) is 4.12. The van der Waals surface area contributed by atoms with Gasteiger partial charge >= 0.3 is 6.03 Å². The smallest absolute Gasteiger partial charge is 0.317 e. The highest BCUT2D eigenvalue weighted by molar-refractivity contribution is 5.74. The number of nitrogens with zero attached hydrogens (tertiary/aromatic N) is 2. The second kappa shape index (κ2) is 6.32. The van der Waals surface area contributed by atoms with Gasteiger partial charge in [-0.1, -0.05) is 23.4 Å². The van der Waals surface area contributed by atoms with Gasteiger partial charge in [0.1, 0.15) is 17.6 Å². The lowest BCUT2D eigenvalue weighted by atomic mass is 10.1. The van der Waals surface area contributed by atoms with E-state index < -0.39 is 0 Å². The second-order valence-electron chi connectivity index (χ2n) is 5.90. The van der Waals surface area contributed by atoms with Crippen LogP contribution in [-0.2, 0) is 13.0 Å². The third-order valence-electron chi connectivity index (χ3n) is 4.12. The van der Waals surface area contributed by atoms with E-state index in [0.29, 0.717) is 13.1 Å². The fourth-order valence-electron chi connectivity index (χ4n) is 2.74. The van der Waals surface area contributed by atoms with Gasteiger partial charge < -0.3 is 19.5 Å². The Morgan fingerprint density at radius 1 is 1.39 bits per heavy atom. The summed E-state index contributed by atoms with van der Waals surface area (Å²) in [4.78, 5) is 13.8. The molecule has 1 aliphatic heterocycles. The van der Waals surface area contributed by atoms with Gasteiger partial charge in [-0.3, -0.25) is 0 Å². The molecule has 23 heavy (non-hydrogen) atoms. The lowest BCUT2D eigenvalue weighted by Crippen LogP contribution is -2.41. The number of rotatable bonds is 4. The SMILES string of the molecule is Cc1noc(C)c1CN(C)C(=O)NC[C@@H]1Cc2ccccc2O1. The van der Waals surface area contributed by atoms with Crippen molar-refractivity contribution in [3.8, 4) is 5.75 Å². The number of aromatic nitrogens is 1. The molecule has 0 saturated heterocycles. The quantitative estimate of drug-likeness (QED) is 0.941. The average molecular weight is 315 g/mol. The third kappa shape index (κ3) is 3.31. The van der Waals surface area contributed by atoms with E-state index in [1.54, 1.807) is 11.9 Å². The molecular weight excluding hydrogens is 294 g/mol. The van der Waals surface area contributed by atoms with Crippen LogP contribution < -0.4 is 10.1 Å². The van der Waals surface area contributed by atoms with Crippen molar-refractivity contribution in [2.75, 3.05) is 13.6 Å². The molecule has 0 fully saturated rings. The summed E-state index contributed by atoms with van der Waals surface area (Å²) in [5.74, 6) is 1.66. The average Bonchev–Trinajstić information content (AvgIpc) is 3.10. The van der Waals surface area contributed by atoms with Crippen molar-refractivity contribution < 1.29 is 14.1 Å². The molecule has 6 heteroatoms. The summed E-state index contributed by atoms with van der Waals surface area (Å²) >= 11 is 0. The number of para-hydroxylation sites is 1. The number of hydrogen-bond acceptors (Lipinski definition) is 4. The highest BCUT2D eigenvalue weighted by Gasteiger charge is 2.23. The first-order chi connectivity index (χ1) is 11.0. The van der Waals surface area contributed by atoms with Crippen LogP contribution in [-0.4, -0.2) is 35.8 Å². The van der Waals surface area contributed by atoms with Gasteiger partial charge in [0.15, 0.2) is 0 Å². The van der Waals surface area contributed by atoms with Crippen LogP contribution in [0.1, 0.15) is 22.6 Å². The first-order valence-electron chi connectivity index (χ1n) is 7.70. The van der Waals surface area contributed by atoms with Crippen LogP contribution >= 0.6 is 0 Å². The summed E-state index contributed by atoms with van der Waals surface area (Å²) in [5, 5.41) is 6.83. The van der Waals surface area contributed by atoms with E-state index in [9.17, 15) is 4.79 Å². The second-order valence-corrected chi connectivity index (χ2v) is 5.90. The van der Waals surface area contributed by atoms with E-state index in [-0.39, 0.29) is 12.1 Å². The van der Waals surface area contributed by atoms with Crippen LogP contribution in [0.5, 0.6) is 5.75 Å². The lowest BCUT2D eigenvalue weighted by Gasteiger charge is -2.19. The monoisotopic (exact) mass is 315 g/mol. The summed E-state index contributed by atoms with van der Waals surface area (Å²) in [6, 6.07) is 7.84. The molecule has 3 rings (SSSR count). The fourth-order valence-corrected chi connectivity index (χ4v) is 2.74. The Hall–Kier alpha value is -2.50. The number of benzene rings is 1. The predicted molar refractivity (Wildman–Crippen MR) is 85.4 cm³/mol. The molecule has 2 aromatic rings. The number of hydrogen-bond donors (Lipinski definition) is 1. The van der Waals surface area contributed by atoms with E-state index in [0.717, 1.165) is 29.2 Å². The standard InChI is InChI=1S/C17H21N3O3/c1-11-15(12(2)23-19-11)10-20(3)17(21)18-9-14-8-13-6-4-5-7-16(13)22-14/h4-7,14H,8-10H2,1-3H3,(H,18,21)/t14-/m0/s1. The minimum absolute atomic E-state index is 0.0104. The van der Waals surface area contributed by atoms with Crippen LogP contribution in [0.15, 0.2) is 28.8 Å². The lowest BCUT2D eigenvalue weighted by molar-refractivity contribution is 0.191. The number of ether oxygens (including phenoxy) is 1. The highest BCUT2D eigenvalue weighted by Crippen LogP contribution is 2.27. The van der Waals surface area contributed by atoms with Gasteiger partial charge in [-0.25, -0.2) is 4.79 Å². The fraction of sp³-hybridized carbons (Fsp3) is 0.412. The molecule has 0 bridgehead atoms. The van der Waals surface area contributed by atoms with Crippen LogP contribution in [0.3, 0.4) is 0 Å². The number of carbonyl (C=O) groups is 1. The zero-order valence-electron chi connectivity index (χ0n) is 13.6. The van der Waals surface area contributed by atoms with Gasteiger partial charge in [0, 0.05) is 19.0 Å². The Morgan fingerprint density at radius 3 is 2.87 bits per heavy atom. The zero-order chi connectivity index (χ0) is 16.4. The van der Waals surface area contributed by atoms with Crippen molar-refractivity contribution in [3.63, 3.8) is 0 Å². The van der Waals surface area contributed by atoms with Crippen molar-refractivity contribution in [1.29, 1.82) is 0 Å². The number of urea groups is 1. The zero-order valence-corrected chi connectivity index (χ0v) is 13.6. The van der Waals surface area contributed by atoms with E-state index in [2.05, 4.69) is 16.5 Å². The van der Waals surface area contributed by atoms with E-state index in [1.807, 2.05) is 32.0 Å². The maximum atomic E-state index is 12.2. The number of fused-ring (bicyclic) bond motifs is 1. The Labute approximate surface area is 135 Å². The van der Waals surface area contributed by atoms with Crippen LogP contribution in [0.4, 0.5) is 4.79 Å². The molecule has 0 spiro atoms. The van der Waals surface area contributed by atoms with Crippen molar-refractivity contribution in [1.82, 2.24) is 15.4 Å². The minimum atomic E-state index is -0.135. The summed E-state index contributed by atoms with van der Waals surface area (Å²) in [7, 11) is 1.76. The number of amides is 2. The van der Waals surface area contributed by atoms with E-state index in [4.69, 9.17) is 9.26 Å². The topological polar surface area (TPSA) is 67.6 Å². The van der Waals surface area contributed by atoms with Gasteiger partial charge in [0.2, 0.25) is 0 Å². The van der Waals surface area contributed by atoms with Gasteiger partial charge in [0.05, 0.1) is 18.8 Å². The molecule has 2 amide bonds. The molecule has 1 aliphatic rings. The van der Waals surface area contributed by atoms with Crippen LogP contribution in [0, 0.1) is 13.8 Å². The van der Waals surface area contributed by atoms with Crippen LogP contribution in [0.2, 0.25) is 0 Å². The molecule has 6 nitrogen and oxygen atoms in total. The molecule has 2 heterocycles. The molecule has 0 unspecified atom stereocenters. The summed E-state index contributed by atoms with van der Waals surface area (Å²) < 4.78 is 10.9. The predicted octanol–water partition coefficient (Wildman–Crippen LogP) is 2.44. The number of carbonyl (C=O) groups excluding carboxylic acids is 1. The molecule has 122 valence electrons. The molecule has 0 saturated carbocycles. The highest BCUT2D eigenvalue weighted by atomic mass is 16.5. The van der Waals surface area contributed by atoms with Crippen molar-refractivity contribution >= 4 is 6.03 Å². The molecule has 0 aliphatic carbocycles. The first kappa shape index (κ1) is 15.4. The Morgan fingerprint density at radius 2 is 2.17 bits per heavy atom. The summed E-state index contributed by atoms with van der Waals surface area (Å²) in [6.07, 6.45) is 0.813. The largest absolute Gasteiger partial charge is 0.488 e. The molecule has 0 radical (unpaired) electrons. The van der Waals surface area contributed by atoms with Crippen molar-refractivity contribution in [2.24, 2.45) is 0 Å². The van der Waals surface area contributed by atoms with E-state index in [1.165, 1.54) is 5.56 Å². The van der Waals surface area contributed by atoms with Crippen molar-refractivity contribution in [2.45, 2.75) is 32.9 Å². The van der Waals surface area contributed by atoms with Gasteiger partial charge in [-0.05, 0) is 25.5 Å². The maximum absolute atomic E-state index is 12.2. The van der Waals surface area contributed by atoms with Crippen molar-refractivity contribution in [3.05, 3.63) is 46.8 Å². The molecule has 1 atom stereocenters. The molecule has 1 aromatic heterocycles.